The number of halogens is 17. The molecule has 0 fully saturated rings. The van der Waals surface area contributed by atoms with Crippen molar-refractivity contribution < 1.29 is 98.9 Å². The molecule has 1 aromatic carbocycles. The summed E-state index contributed by atoms with van der Waals surface area (Å²) >= 11 is 0. The van der Waals surface area contributed by atoms with E-state index in [1.807, 2.05) is 0 Å². The van der Waals surface area contributed by atoms with Crippen molar-refractivity contribution in [3.63, 3.8) is 0 Å². The predicted molar refractivity (Wildman–Crippen MR) is 162 cm³/mol. The van der Waals surface area contributed by atoms with Crippen LogP contribution in [0.4, 0.5) is 74.6 Å². The Balaban J connectivity index is 3.24. The van der Waals surface area contributed by atoms with E-state index >= 15 is 0 Å². The quantitative estimate of drug-likeness (QED) is 0.0304. The van der Waals surface area contributed by atoms with Gasteiger partial charge in [0.05, 0.1) is 12.7 Å². The minimum Gasteiger partial charge on any atom is -0.491 e. The Morgan fingerprint density at radius 2 is 1.13 bits per heavy atom. The first-order valence-electron chi connectivity index (χ1n) is 15.9. The van der Waals surface area contributed by atoms with Crippen LogP contribution in [-0.4, -0.2) is 85.4 Å². The van der Waals surface area contributed by atoms with Gasteiger partial charge in [0.1, 0.15) is 12.4 Å². The van der Waals surface area contributed by atoms with E-state index in [-0.39, 0.29) is 11.3 Å². The summed E-state index contributed by atoms with van der Waals surface area (Å²) in [6.45, 7) is 7.29. The highest BCUT2D eigenvalue weighted by Gasteiger charge is 2.95. The molecule has 0 unspecified atom stereocenters. The number of hydrogen-bond acceptors (Lipinski definition) is 5. The van der Waals surface area contributed by atoms with E-state index in [2.05, 4.69) is 0 Å². The van der Waals surface area contributed by atoms with Crippen molar-refractivity contribution in [3.05, 3.63) is 41.5 Å². The van der Waals surface area contributed by atoms with Crippen LogP contribution in [0.3, 0.4) is 0 Å². The van der Waals surface area contributed by atoms with Gasteiger partial charge in [0.15, 0.2) is 8.32 Å². The number of hydroxylamine groups is 1. The third-order valence-electron chi connectivity index (χ3n) is 8.99. The first-order chi connectivity index (χ1) is 24.5. The minimum atomic E-state index is -8.69. The molecule has 6 nitrogen and oxygen atoms in total. The zero-order chi connectivity index (χ0) is 43.6. The number of aliphatic hydroxyl groups excluding tert-OH is 1. The number of carbonyl (C=O) groups excluding carboxylic acids is 1. The van der Waals surface area contributed by atoms with Crippen LogP contribution in [0.5, 0.6) is 5.75 Å². The molecule has 1 aromatic rings. The fourth-order valence-corrected chi connectivity index (χ4v) is 9.93. The van der Waals surface area contributed by atoms with Crippen molar-refractivity contribution in [1.29, 1.82) is 0 Å². The van der Waals surface area contributed by atoms with Crippen molar-refractivity contribution in [2.45, 2.75) is 119 Å². The average molecular weight is 856 g/mol. The number of amides is 1. The summed E-state index contributed by atoms with van der Waals surface area (Å²) in [4.78, 5) is 11.5. The van der Waals surface area contributed by atoms with Crippen LogP contribution in [0.15, 0.2) is 35.9 Å². The summed E-state index contributed by atoms with van der Waals surface area (Å²) in [7, 11) is -3.96. The topological polar surface area (TPSA) is 88.0 Å². The average Bonchev–Trinajstić information content (AvgIpc) is 3.05. The molecule has 0 spiro atoms. The maximum atomic E-state index is 14.8. The Labute approximate surface area is 304 Å². The second-order valence-corrected chi connectivity index (χ2v) is 18.3. The van der Waals surface area contributed by atoms with Crippen molar-refractivity contribution in [3.8, 4) is 5.75 Å². The van der Waals surface area contributed by atoms with Crippen LogP contribution < -0.4 is 10.2 Å². The van der Waals surface area contributed by atoms with Crippen molar-refractivity contribution in [2.24, 2.45) is 5.92 Å². The van der Waals surface area contributed by atoms with Crippen LogP contribution in [0.1, 0.15) is 59.6 Å². The molecule has 0 aliphatic carbocycles. The van der Waals surface area contributed by atoms with Gasteiger partial charge in [-0.1, -0.05) is 52.8 Å². The van der Waals surface area contributed by atoms with E-state index in [0.29, 0.717) is 5.56 Å². The maximum Gasteiger partial charge on any atom is 0.460 e. The fraction of sp³-hybridized carbons (Fsp3) is 0.710. The van der Waals surface area contributed by atoms with Gasteiger partial charge >= 0.3 is 47.6 Å². The third kappa shape index (κ3) is 9.31. The van der Waals surface area contributed by atoms with E-state index in [4.69, 9.17) is 14.4 Å². The number of carbonyl (C=O) groups is 1. The van der Waals surface area contributed by atoms with E-state index in [1.54, 1.807) is 6.92 Å². The first-order valence-corrected chi connectivity index (χ1v) is 18.1. The summed E-state index contributed by atoms with van der Waals surface area (Å²) in [6, 6.07) is 4.23. The molecule has 55 heavy (non-hydrogen) atoms. The highest BCUT2D eigenvalue weighted by atomic mass is 28.4. The summed E-state index contributed by atoms with van der Waals surface area (Å²) in [6.07, 6.45) is -10.1. The molecule has 0 aliphatic rings. The van der Waals surface area contributed by atoms with Gasteiger partial charge in [0, 0.05) is 17.9 Å². The van der Waals surface area contributed by atoms with Gasteiger partial charge in [0.25, 0.3) is 5.91 Å². The SMILES string of the molecule is C/C(=C\[C@@H](C)[C@H](O)c1ccc(OCCO[Si](CCC(F)(F)C(F)(F)C(F)(F)C(F)(F)C(F)(F)C(F)(F)C(F)(F)C(F)(F)F)(C(C)C)C(C)C)cc1)C(=O)NO. The van der Waals surface area contributed by atoms with Gasteiger partial charge in [-0.25, -0.2) is 5.48 Å². The zero-order valence-electron chi connectivity index (χ0n) is 29.6. The standard InChI is InChI=1S/C31H38F17NO5Si/c1-16(2)55(17(3)4,54-13-12-53-21-9-7-20(8-10-21)22(50)18(5)15-19(6)23(51)49-52)14-11-24(32,33)25(34,35)26(36,37)27(38,39)28(40,41)29(42,43)30(44,45)31(46,47)48/h7-10,15-18,22,50,52H,11-14H2,1-6H3,(H,49,51)/b19-15+/t18-,22+/m1/s1. The molecule has 2 atom stereocenters. The molecule has 320 valence electrons. The molecule has 0 radical (unpaired) electrons. The summed E-state index contributed by atoms with van der Waals surface area (Å²) < 4.78 is 245. The maximum absolute atomic E-state index is 14.8. The van der Waals surface area contributed by atoms with Gasteiger partial charge in [-0.3, -0.25) is 10.0 Å². The number of nitrogens with one attached hydrogen (secondary N) is 1. The Hall–Kier alpha value is -2.86. The predicted octanol–water partition coefficient (Wildman–Crippen LogP) is 10.4. The van der Waals surface area contributed by atoms with Gasteiger partial charge in [-0.2, -0.15) is 74.6 Å². The molecular weight excluding hydrogens is 817 g/mol. The van der Waals surface area contributed by atoms with Crippen molar-refractivity contribution in [2.75, 3.05) is 13.2 Å². The second-order valence-electron chi connectivity index (χ2n) is 13.3. The fourth-order valence-electron chi connectivity index (χ4n) is 5.46. The van der Waals surface area contributed by atoms with E-state index in [1.165, 1.54) is 70.4 Å². The van der Waals surface area contributed by atoms with E-state index < -0.39 is 111 Å². The normalized spacial score (nSPS) is 16.1. The lowest BCUT2D eigenvalue weighted by Crippen LogP contribution is -2.74. The Morgan fingerprint density at radius 1 is 0.709 bits per heavy atom. The van der Waals surface area contributed by atoms with Gasteiger partial charge < -0.3 is 14.3 Å². The number of hydrogen-bond donors (Lipinski definition) is 3. The molecule has 0 aromatic heterocycles. The Bertz CT molecular complexity index is 1460. The number of rotatable bonds is 20. The molecule has 0 saturated carbocycles. The van der Waals surface area contributed by atoms with Crippen LogP contribution >= 0.6 is 0 Å². The highest BCUT2D eigenvalue weighted by Crippen LogP contribution is 2.64. The smallest absolute Gasteiger partial charge is 0.460 e. The number of aliphatic hydroxyl groups is 1. The van der Waals surface area contributed by atoms with Crippen molar-refractivity contribution >= 4 is 14.2 Å². The molecule has 1 amide bonds. The Morgan fingerprint density at radius 3 is 1.53 bits per heavy atom. The van der Waals surface area contributed by atoms with Crippen LogP contribution in [0.25, 0.3) is 0 Å². The highest BCUT2D eigenvalue weighted by molar-refractivity contribution is 6.76. The Kier molecular flexibility index (Phi) is 15.4. The van der Waals surface area contributed by atoms with Gasteiger partial charge in [-0.05, 0) is 41.7 Å². The molecule has 0 saturated heterocycles. The lowest BCUT2D eigenvalue weighted by atomic mass is 9.88. The largest absolute Gasteiger partial charge is 0.491 e. The number of ether oxygens (including phenoxy) is 1. The van der Waals surface area contributed by atoms with Crippen LogP contribution in [0.2, 0.25) is 17.1 Å². The molecule has 0 heterocycles. The molecule has 0 bridgehead atoms. The summed E-state index contributed by atoms with van der Waals surface area (Å²) in [5, 5.41) is 19.3. The lowest BCUT2D eigenvalue weighted by molar-refractivity contribution is -0.461. The van der Waals surface area contributed by atoms with Crippen molar-refractivity contribution in [1.82, 2.24) is 5.48 Å². The second kappa shape index (κ2) is 16.9. The summed E-state index contributed by atoms with van der Waals surface area (Å²) in [5.41, 5.74) is 0.135. The third-order valence-corrected chi connectivity index (χ3v) is 14.7. The van der Waals surface area contributed by atoms with Crippen LogP contribution in [-0.2, 0) is 9.22 Å². The van der Waals surface area contributed by atoms with Gasteiger partial charge in [-0.15, -0.1) is 0 Å². The number of alkyl halides is 17. The van der Waals surface area contributed by atoms with E-state index in [9.17, 15) is 84.5 Å². The monoisotopic (exact) mass is 855 g/mol. The number of benzene rings is 1. The summed E-state index contributed by atoms with van der Waals surface area (Å²) in [5.74, 6) is -58.0. The van der Waals surface area contributed by atoms with Gasteiger partial charge in [0.2, 0.25) is 0 Å². The zero-order valence-corrected chi connectivity index (χ0v) is 30.6. The molecule has 3 N–H and O–H groups in total. The van der Waals surface area contributed by atoms with Crippen LogP contribution in [0, 0.1) is 5.92 Å². The minimum absolute atomic E-state index is 0.0957. The molecular formula is C31H38F17NO5Si. The lowest BCUT2D eigenvalue weighted by Gasteiger charge is -2.44. The molecule has 0 aliphatic heterocycles. The molecule has 1 rings (SSSR count). The van der Waals surface area contributed by atoms with E-state index in [0.717, 1.165) is 0 Å². The first kappa shape index (κ1) is 50.2. The molecule has 24 heteroatoms.